The van der Waals surface area contributed by atoms with E-state index in [0.717, 1.165) is 16.6 Å². The zero-order valence-corrected chi connectivity index (χ0v) is 25.8. The lowest BCUT2D eigenvalue weighted by molar-refractivity contribution is 0.666. The standard InChI is InChI=1S/C45H26N2O/c1-2-8-28-24-36-34-13-14-41-44(43(34)33-11-4-3-9-31(33)35(36)23-27(28)7-1)38-25-37-32-10-5-6-12-39(32)45(29-15-19-46-20-16-29,30-17-21-47-22-18-30)40(37)26-42(38)48-41/h1-26H. The summed E-state index contributed by atoms with van der Waals surface area (Å²) in [6.45, 7) is 0. The predicted molar refractivity (Wildman–Crippen MR) is 197 cm³/mol. The summed E-state index contributed by atoms with van der Waals surface area (Å²) in [5, 5.41) is 12.3. The van der Waals surface area contributed by atoms with Crippen molar-refractivity contribution in [2.24, 2.45) is 0 Å². The molecule has 3 heterocycles. The molecule has 3 aromatic heterocycles. The summed E-state index contributed by atoms with van der Waals surface area (Å²) in [6, 6.07) is 48.7. The Labute approximate surface area is 275 Å². The highest BCUT2D eigenvalue weighted by molar-refractivity contribution is 6.35. The van der Waals surface area contributed by atoms with Crippen LogP contribution in [-0.4, -0.2) is 9.97 Å². The Hall–Kier alpha value is -6.32. The highest BCUT2D eigenvalue weighted by Gasteiger charge is 2.46. The van der Waals surface area contributed by atoms with Gasteiger partial charge in [0, 0.05) is 40.9 Å². The monoisotopic (exact) mass is 610 g/mol. The third-order valence-electron chi connectivity index (χ3n) is 10.7. The number of hydrogen-bond acceptors (Lipinski definition) is 3. The Morgan fingerprint density at radius 2 is 1.00 bits per heavy atom. The normalized spacial score (nSPS) is 13.6. The average molecular weight is 611 g/mol. The molecule has 0 amide bonds. The molecule has 0 N–H and O–H groups in total. The maximum Gasteiger partial charge on any atom is 0.136 e. The van der Waals surface area contributed by atoms with E-state index in [-0.39, 0.29) is 0 Å². The van der Waals surface area contributed by atoms with Crippen LogP contribution in [0.5, 0.6) is 0 Å². The number of nitrogens with zero attached hydrogens (tertiary/aromatic N) is 2. The van der Waals surface area contributed by atoms with Gasteiger partial charge in [0.15, 0.2) is 0 Å². The second kappa shape index (κ2) is 9.37. The van der Waals surface area contributed by atoms with E-state index in [4.69, 9.17) is 4.42 Å². The molecule has 1 aliphatic carbocycles. The minimum atomic E-state index is -0.545. The largest absolute Gasteiger partial charge is 0.456 e. The lowest BCUT2D eigenvalue weighted by atomic mass is 9.68. The van der Waals surface area contributed by atoms with Crippen LogP contribution in [0.15, 0.2) is 163 Å². The summed E-state index contributed by atoms with van der Waals surface area (Å²) >= 11 is 0. The van der Waals surface area contributed by atoms with Gasteiger partial charge >= 0.3 is 0 Å². The fourth-order valence-corrected chi connectivity index (χ4v) is 8.76. The molecular weight excluding hydrogens is 585 g/mol. The van der Waals surface area contributed by atoms with Crippen molar-refractivity contribution in [3.63, 3.8) is 0 Å². The summed E-state index contributed by atoms with van der Waals surface area (Å²) in [4.78, 5) is 8.79. The van der Waals surface area contributed by atoms with Crippen LogP contribution in [0.2, 0.25) is 0 Å². The van der Waals surface area contributed by atoms with Crippen molar-refractivity contribution in [2.75, 3.05) is 0 Å². The van der Waals surface area contributed by atoms with Gasteiger partial charge in [-0.05, 0) is 132 Å². The first-order valence-corrected chi connectivity index (χ1v) is 16.4. The maximum absolute atomic E-state index is 6.86. The van der Waals surface area contributed by atoms with Crippen molar-refractivity contribution >= 4 is 65.0 Å². The van der Waals surface area contributed by atoms with E-state index in [9.17, 15) is 0 Å². The molecule has 0 fully saturated rings. The third-order valence-corrected chi connectivity index (χ3v) is 10.7. The van der Waals surface area contributed by atoms with Gasteiger partial charge < -0.3 is 4.42 Å². The van der Waals surface area contributed by atoms with Gasteiger partial charge in [-0.25, -0.2) is 0 Å². The molecule has 0 unspecified atom stereocenters. The van der Waals surface area contributed by atoms with Gasteiger partial charge in [-0.1, -0.05) is 72.8 Å². The molecule has 3 heteroatoms. The lowest BCUT2D eigenvalue weighted by Gasteiger charge is -2.33. The number of hydrogen-bond donors (Lipinski definition) is 0. The van der Waals surface area contributed by atoms with E-state index in [1.807, 2.05) is 24.8 Å². The number of aromatic nitrogens is 2. The molecule has 11 rings (SSSR count). The topological polar surface area (TPSA) is 38.9 Å². The summed E-state index contributed by atoms with van der Waals surface area (Å²) < 4.78 is 6.86. The zero-order chi connectivity index (χ0) is 31.4. The van der Waals surface area contributed by atoms with Gasteiger partial charge in [0.2, 0.25) is 0 Å². The van der Waals surface area contributed by atoms with Gasteiger partial charge in [-0.3, -0.25) is 9.97 Å². The molecule has 0 bridgehead atoms. The van der Waals surface area contributed by atoms with Crippen molar-refractivity contribution < 1.29 is 4.42 Å². The highest BCUT2D eigenvalue weighted by atomic mass is 16.3. The van der Waals surface area contributed by atoms with Crippen LogP contribution < -0.4 is 0 Å². The van der Waals surface area contributed by atoms with Crippen LogP contribution in [0.25, 0.3) is 76.2 Å². The van der Waals surface area contributed by atoms with Gasteiger partial charge in [0.25, 0.3) is 0 Å². The number of pyridine rings is 2. The maximum atomic E-state index is 6.86. The van der Waals surface area contributed by atoms with Gasteiger partial charge in [-0.2, -0.15) is 0 Å². The van der Waals surface area contributed by atoms with Crippen molar-refractivity contribution in [1.29, 1.82) is 0 Å². The number of furan rings is 1. The molecular formula is C45H26N2O. The Kier molecular flexibility index (Phi) is 5.04. The van der Waals surface area contributed by atoms with Crippen molar-refractivity contribution in [3.8, 4) is 11.1 Å². The molecule has 0 atom stereocenters. The van der Waals surface area contributed by atoms with Crippen LogP contribution in [0.4, 0.5) is 0 Å². The van der Waals surface area contributed by atoms with Crippen molar-refractivity contribution in [2.45, 2.75) is 5.41 Å². The van der Waals surface area contributed by atoms with Crippen molar-refractivity contribution in [3.05, 3.63) is 181 Å². The number of fused-ring (bicyclic) bond motifs is 14. The van der Waals surface area contributed by atoms with E-state index in [1.54, 1.807) is 0 Å². The summed E-state index contributed by atoms with van der Waals surface area (Å²) in [5.74, 6) is 0. The number of benzene rings is 7. The first kappa shape index (κ1) is 25.8. The van der Waals surface area contributed by atoms with Crippen LogP contribution >= 0.6 is 0 Å². The minimum absolute atomic E-state index is 0.545. The van der Waals surface area contributed by atoms with E-state index in [2.05, 4.69) is 143 Å². The van der Waals surface area contributed by atoms with Crippen molar-refractivity contribution in [1.82, 2.24) is 9.97 Å². The third kappa shape index (κ3) is 3.22. The number of rotatable bonds is 2. The summed E-state index contributed by atoms with van der Waals surface area (Å²) in [6.07, 6.45) is 7.57. The van der Waals surface area contributed by atoms with E-state index >= 15 is 0 Å². The van der Waals surface area contributed by atoms with Crippen LogP contribution in [-0.2, 0) is 5.41 Å². The molecule has 1 aliphatic rings. The van der Waals surface area contributed by atoms with E-state index < -0.39 is 5.41 Å². The molecule has 3 nitrogen and oxygen atoms in total. The first-order chi connectivity index (χ1) is 23.8. The first-order valence-electron chi connectivity index (χ1n) is 16.4. The molecule has 222 valence electrons. The van der Waals surface area contributed by atoms with E-state index in [0.29, 0.717) is 0 Å². The highest BCUT2D eigenvalue weighted by Crippen LogP contribution is 2.57. The summed E-state index contributed by atoms with van der Waals surface area (Å²) in [7, 11) is 0. The van der Waals surface area contributed by atoms with E-state index in [1.165, 1.54) is 81.9 Å². The van der Waals surface area contributed by atoms with Crippen LogP contribution in [0.3, 0.4) is 0 Å². The molecule has 10 aromatic rings. The average Bonchev–Trinajstić information content (AvgIpc) is 3.67. The molecule has 48 heavy (non-hydrogen) atoms. The molecule has 0 saturated carbocycles. The zero-order valence-electron chi connectivity index (χ0n) is 25.8. The second-order valence-corrected chi connectivity index (χ2v) is 12.9. The second-order valence-electron chi connectivity index (χ2n) is 12.9. The predicted octanol–water partition coefficient (Wildman–Crippen LogP) is 11.4. The van der Waals surface area contributed by atoms with Gasteiger partial charge in [0.1, 0.15) is 11.2 Å². The smallest absolute Gasteiger partial charge is 0.136 e. The quantitative estimate of drug-likeness (QED) is 0.144. The summed E-state index contributed by atoms with van der Waals surface area (Å²) in [5.41, 5.74) is 8.50. The van der Waals surface area contributed by atoms with Gasteiger partial charge in [0.05, 0.1) is 5.41 Å². The fraction of sp³-hybridized carbons (Fsp3) is 0.0222. The van der Waals surface area contributed by atoms with Crippen LogP contribution in [0, 0.1) is 0 Å². The molecule has 0 spiro atoms. The molecule has 0 aliphatic heterocycles. The minimum Gasteiger partial charge on any atom is -0.456 e. The SMILES string of the molecule is c1ccc2c(c1)-c1cc3c(cc1C2(c1ccncc1)c1ccncc1)oc1ccc2c4cc5ccccc5cc4c4ccccc4c2c13. The van der Waals surface area contributed by atoms with Gasteiger partial charge in [-0.15, -0.1) is 0 Å². The Morgan fingerprint density at radius 1 is 0.396 bits per heavy atom. The Bertz CT molecular complexity index is 2900. The molecule has 0 saturated heterocycles. The molecule has 0 radical (unpaired) electrons. The van der Waals surface area contributed by atoms with Crippen LogP contribution in [0.1, 0.15) is 22.3 Å². The molecule has 7 aromatic carbocycles. The Morgan fingerprint density at radius 3 is 1.73 bits per heavy atom. The lowest BCUT2D eigenvalue weighted by Crippen LogP contribution is -2.28. The fourth-order valence-electron chi connectivity index (χ4n) is 8.76. The Balaban J connectivity index is 1.31.